The predicted molar refractivity (Wildman–Crippen MR) is 89.5 cm³/mol. The third-order valence-electron chi connectivity index (χ3n) is 4.23. The minimum atomic E-state index is -0.468. The predicted octanol–water partition coefficient (Wildman–Crippen LogP) is 2.95. The lowest BCUT2D eigenvalue weighted by Crippen LogP contribution is -2.28. The molecule has 23 heavy (non-hydrogen) atoms. The number of pyridine rings is 1. The number of carbonyl (C=O) groups excluding carboxylic acids is 1. The first-order chi connectivity index (χ1) is 11.2. The number of ketones is 1. The second-order valence-corrected chi connectivity index (χ2v) is 5.63. The number of benzene rings is 2. The number of Topliss-reactive ketones (excluding diaryl/α,β-unsaturated/α-hetero) is 1. The van der Waals surface area contributed by atoms with Gasteiger partial charge in [0.05, 0.1) is 17.2 Å². The Morgan fingerprint density at radius 2 is 1.61 bits per heavy atom. The van der Waals surface area contributed by atoms with Gasteiger partial charge in [-0.25, -0.2) is 0 Å². The Morgan fingerprint density at radius 1 is 0.913 bits per heavy atom. The number of aromatic nitrogens is 1. The Balaban J connectivity index is 2.07. The van der Waals surface area contributed by atoms with Crippen molar-refractivity contribution in [3.8, 4) is 11.3 Å². The van der Waals surface area contributed by atoms with E-state index in [-0.39, 0.29) is 22.6 Å². The molecule has 0 fully saturated rings. The minimum absolute atomic E-state index is 0.187. The van der Waals surface area contributed by atoms with Crippen LogP contribution in [0.3, 0.4) is 0 Å². The Labute approximate surface area is 132 Å². The lowest BCUT2D eigenvalue weighted by Gasteiger charge is -2.26. The first kappa shape index (κ1) is 13.5. The van der Waals surface area contributed by atoms with Crippen molar-refractivity contribution in [3.63, 3.8) is 0 Å². The van der Waals surface area contributed by atoms with Gasteiger partial charge in [-0.3, -0.25) is 9.59 Å². The van der Waals surface area contributed by atoms with Gasteiger partial charge < -0.3 is 10.7 Å². The maximum absolute atomic E-state index is 13.1. The zero-order valence-electron chi connectivity index (χ0n) is 12.2. The highest BCUT2D eigenvalue weighted by atomic mass is 16.1. The number of aromatic amines is 1. The van der Waals surface area contributed by atoms with Crippen molar-refractivity contribution in [1.29, 1.82) is 0 Å². The highest BCUT2D eigenvalue weighted by Gasteiger charge is 2.35. The van der Waals surface area contributed by atoms with E-state index in [1.165, 1.54) is 6.07 Å². The van der Waals surface area contributed by atoms with Crippen LogP contribution in [0.1, 0.15) is 27.4 Å². The molecule has 0 aliphatic heterocycles. The van der Waals surface area contributed by atoms with Gasteiger partial charge in [-0.15, -0.1) is 0 Å². The Bertz CT molecular complexity index is 974. The number of H-pyrrole nitrogens is 1. The van der Waals surface area contributed by atoms with Gasteiger partial charge in [0.2, 0.25) is 0 Å². The zero-order chi connectivity index (χ0) is 16.0. The normalized spacial score (nSPS) is 15.8. The Hall–Kier alpha value is -3.14. The number of fused-ring (bicyclic) bond motifs is 3. The van der Waals surface area contributed by atoms with Crippen LogP contribution in [0.15, 0.2) is 65.5 Å². The molecule has 0 bridgehead atoms. The molecule has 0 spiro atoms. The molecule has 1 atom stereocenters. The van der Waals surface area contributed by atoms with E-state index >= 15 is 0 Å². The van der Waals surface area contributed by atoms with Crippen LogP contribution in [0.2, 0.25) is 0 Å². The number of hydrogen-bond donors (Lipinski definition) is 2. The molecule has 4 nitrogen and oxygen atoms in total. The number of nitrogens with one attached hydrogen (secondary N) is 1. The van der Waals surface area contributed by atoms with Crippen LogP contribution in [-0.4, -0.2) is 10.8 Å². The van der Waals surface area contributed by atoms with Gasteiger partial charge in [0.25, 0.3) is 0 Å². The van der Waals surface area contributed by atoms with Crippen LogP contribution in [0.25, 0.3) is 11.3 Å². The van der Waals surface area contributed by atoms with Crippen molar-refractivity contribution < 1.29 is 4.79 Å². The number of nitrogens with two attached hydrogens (primary N) is 1. The van der Waals surface area contributed by atoms with Crippen molar-refractivity contribution in [2.75, 3.05) is 5.73 Å². The van der Waals surface area contributed by atoms with Gasteiger partial charge in [-0.1, -0.05) is 54.6 Å². The molecule has 0 amide bonds. The fourth-order valence-electron chi connectivity index (χ4n) is 3.26. The average Bonchev–Trinajstić information content (AvgIpc) is 2.55. The number of carbonyl (C=O) groups is 1. The molecule has 1 heterocycles. The smallest absolute Gasteiger partial charge is 0.195 e. The first-order valence-electron chi connectivity index (χ1n) is 7.38. The van der Waals surface area contributed by atoms with Gasteiger partial charge in [-0.2, -0.15) is 0 Å². The topological polar surface area (TPSA) is 76.0 Å². The summed E-state index contributed by atoms with van der Waals surface area (Å²) in [4.78, 5) is 28.4. The summed E-state index contributed by atoms with van der Waals surface area (Å²) >= 11 is 0. The molecule has 4 heteroatoms. The zero-order valence-corrected chi connectivity index (χ0v) is 12.2. The summed E-state index contributed by atoms with van der Waals surface area (Å²) in [5, 5.41) is 0. The summed E-state index contributed by atoms with van der Waals surface area (Å²) in [6.07, 6.45) is 0. The SMILES string of the molecule is Nc1cc(=O)c2c([nH]1)-c1ccccc1C(c1ccccc1)C2=O. The van der Waals surface area contributed by atoms with Crippen LogP contribution in [0.5, 0.6) is 0 Å². The molecule has 0 radical (unpaired) electrons. The molecule has 2 aromatic carbocycles. The molecule has 1 aromatic heterocycles. The molecule has 112 valence electrons. The van der Waals surface area contributed by atoms with Crippen LogP contribution in [-0.2, 0) is 0 Å². The molecule has 3 N–H and O–H groups in total. The second-order valence-electron chi connectivity index (χ2n) is 5.63. The molecule has 0 saturated carbocycles. The van der Waals surface area contributed by atoms with Crippen molar-refractivity contribution in [2.45, 2.75) is 5.92 Å². The lowest BCUT2D eigenvalue weighted by atomic mass is 9.76. The van der Waals surface area contributed by atoms with E-state index < -0.39 is 5.92 Å². The van der Waals surface area contributed by atoms with Gasteiger partial charge in [0.15, 0.2) is 11.2 Å². The maximum Gasteiger partial charge on any atom is 0.195 e. The molecule has 3 aromatic rings. The van der Waals surface area contributed by atoms with Crippen molar-refractivity contribution in [1.82, 2.24) is 4.98 Å². The van der Waals surface area contributed by atoms with Crippen LogP contribution < -0.4 is 11.2 Å². The van der Waals surface area contributed by atoms with Gasteiger partial charge in [0.1, 0.15) is 5.82 Å². The van der Waals surface area contributed by atoms with Crippen molar-refractivity contribution >= 4 is 11.6 Å². The van der Waals surface area contributed by atoms with E-state index in [0.717, 1.165) is 16.7 Å². The molecule has 1 aliphatic rings. The fourth-order valence-corrected chi connectivity index (χ4v) is 3.26. The van der Waals surface area contributed by atoms with Crippen molar-refractivity contribution in [2.24, 2.45) is 0 Å². The maximum atomic E-state index is 13.1. The van der Waals surface area contributed by atoms with E-state index in [1.54, 1.807) is 0 Å². The summed E-state index contributed by atoms with van der Waals surface area (Å²) in [5.41, 5.74) is 8.75. The standard InChI is InChI=1S/C19H14N2O2/c20-15-10-14(22)17-18(21-15)13-9-5-4-8-12(13)16(19(17)23)11-6-2-1-3-7-11/h1-10,16H,(H3,20,21,22). The summed E-state index contributed by atoms with van der Waals surface area (Å²) in [7, 11) is 0. The number of nitrogen functional groups attached to an aromatic ring is 1. The molecule has 0 saturated heterocycles. The van der Waals surface area contributed by atoms with E-state index in [1.807, 2.05) is 54.6 Å². The van der Waals surface area contributed by atoms with Gasteiger partial charge in [-0.05, 0) is 11.1 Å². The van der Waals surface area contributed by atoms with Crippen LogP contribution >= 0.6 is 0 Å². The van der Waals surface area contributed by atoms with E-state index in [9.17, 15) is 9.59 Å². The molecule has 1 unspecified atom stereocenters. The number of rotatable bonds is 1. The number of hydrogen-bond acceptors (Lipinski definition) is 3. The molecular formula is C19H14N2O2. The summed E-state index contributed by atoms with van der Waals surface area (Å²) in [5.74, 6) is -0.398. The summed E-state index contributed by atoms with van der Waals surface area (Å²) in [6, 6.07) is 18.4. The van der Waals surface area contributed by atoms with Crippen LogP contribution in [0.4, 0.5) is 5.82 Å². The van der Waals surface area contributed by atoms with Gasteiger partial charge >= 0.3 is 0 Å². The number of anilines is 1. The quantitative estimate of drug-likeness (QED) is 0.725. The van der Waals surface area contributed by atoms with Crippen molar-refractivity contribution in [3.05, 3.63) is 87.6 Å². The largest absolute Gasteiger partial charge is 0.385 e. The molecule has 4 rings (SSSR count). The summed E-state index contributed by atoms with van der Waals surface area (Å²) < 4.78 is 0. The molecular weight excluding hydrogens is 288 g/mol. The third-order valence-corrected chi connectivity index (χ3v) is 4.23. The Morgan fingerprint density at radius 3 is 2.39 bits per heavy atom. The summed E-state index contributed by atoms with van der Waals surface area (Å²) in [6.45, 7) is 0. The van der Waals surface area contributed by atoms with E-state index in [2.05, 4.69) is 4.98 Å². The minimum Gasteiger partial charge on any atom is -0.385 e. The first-order valence-corrected chi connectivity index (χ1v) is 7.38. The highest BCUT2D eigenvalue weighted by molar-refractivity contribution is 6.11. The Kier molecular flexibility index (Phi) is 2.91. The highest BCUT2D eigenvalue weighted by Crippen LogP contribution is 2.40. The van der Waals surface area contributed by atoms with Crippen LogP contribution in [0, 0.1) is 0 Å². The third kappa shape index (κ3) is 1.99. The lowest BCUT2D eigenvalue weighted by molar-refractivity contribution is 0.0971. The second kappa shape index (κ2) is 4.95. The van der Waals surface area contributed by atoms with Gasteiger partial charge in [0, 0.05) is 11.6 Å². The van der Waals surface area contributed by atoms with E-state index in [4.69, 9.17) is 5.73 Å². The molecule has 1 aliphatic carbocycles. The average molecular weight is 302 g/mol. The van der Waals surface area contributed by atoms with E-state index in [0.29, 0.717) is 5.69 Å². The fraction of sp³-hybridized carbons (Fsp3) is 0.0526. The monoisotopic (exact) mass is 302 g/mol.